The number of amides is 1. The molecule has 1 aliphatic rings. The van der Waals surface area contributed by atoms with E-state index in [0.717, 1.165) is 24.7 Å². The molecule has 1 amide bonds. The molecule has 4 nitrogen and oxygen atoms in total. The van der Waals surface area contributed by atoms with E-state index in [2.05, 4.69) is 52.7 Å². The predicted octanol–water partition coefficient (Wildman–Crippen LogP) is 4.99. The molecule has 0 saturated carbocycles. The number of nitrogens with zero attached hydrogens (tertiary/aromatic N) is 1. The largest absolute Gasteiger partial charge is 0.459 e. The van der Waals surface area contributed by atoms with Crippen LogP contribution < -0.4 is 10.2 Å². The van der Waals surface area contributed by atoms with Crippen molar-refractivity contribution in [3.05, 3.63) is 84.3 Å². The fraction of sp³-hybridized carbons (Fsp3) is 0.261. The number of anilines is 2. The Balaban J connectivity index is 1.30. The molecule has 0 spiro atoms. The molecule has 1 saturated heterocycles. The molecule has 2 aromatic carbocycles. The van der Waals surface area contributed by atoms with Crippen LogP contribution in [0.2, 0.25) is 0 Å². The van der Waals surface area contributed by atoms with Crippen molar-refractivity contribution in [3.63, 3.8) is 0 Å². The number of carbonyl (C=O) groups excluding carboxylic acids is 1. The van der Waals surface area contributed by atoms with E-state index in [9.17, 15) is 4.79 Å². The van der Waals surface area contributed by atoms with Gasteiger partial charge in [-0.1, -0.05) is 30.3 Å². The van der Waals surface area contributed by atoms with Crippen LogP contribution in [0.1, 0.15) is 29.0 Å². The molecule has 138 valence electrons. The second-order valence-corrected chi connectivity index (χ2v) is 7.10. The quantitative estimate of drug-likeness (QED) is 0.697. The van der Waals surface area contributed by atoms with Gasteiger partial charge in [0, 0.05) is 24.5 Å². The van der Waals surface area contributed by atoms with Crippen molar-refractivity contribution >= 4 is 17.3 Å². The lowest BCUT2D eigenvalue weighted by molar-refractivity contribution is 0.0996. The summed E-state index contributed by atoms with van der Waals surface area (Å²) in [4.78, 5) is 14.5. The van der Waals surface area contributed by atoms with Crippen molar-refractivity contribution in [2.75, 3.05) is 23.3 Å². The van der Waals surface area contributed by atoms with Crippen LogP contribution in [0.4, 0.5) is 11.4 Å². The third kappa shape index (κ3) is 4.40. The van der Waals surface area contributed by atoms with E-state index < -0.39 is 0 Å². The average molecular weight is 360 g/mol. The van der Waals surface area contributed by atoms with Crippen LogP contribution in [0.25, 0.3) is 0 Å². The average Bonchev–Trinajstić information content (AvgIpc) is 3.25. The van der Waals surface area contributed by atoms with Crippen molar-refractivity contribution in [3.8, 4) is 0 Å². The molecule has 0 unspecified atom stereocenters. The highest BCUT2D eigenvalue weighted by molar-refractivity contribution is 6.02. The van der Waals surface area contributed by atoms with Crippen LogP contribution in [0.3, 0.4) is 0 Å². The van der Waals surface area contributed by atoms with Crippen molar-refractivity contribution in [1.82, 2.24) is 0 Å². The van der Waals surface area contributed by atoms with Gasteiger partial charge < -0.3 is 14.6 Å². The highest BCUT2D eigenvalue weighted by atomic mass is 16.3. The van der Waals surface area contributed by atoms with Gasteiger partial charge in [-0.3, -0.25) is 4.79 Å². The summed E-state index contributed by atoms with van der Waals surface area (Å²) >= 11 is 0. The molecule has 27 heavy (non-hydrogen) atoms. The van der Waals surface area contributed by atoms with Crippen molar-refractivity contribution in [1.29, 1.82) is 0 Å². The molecule has 4 rings (SSSR count). The first kappa shape index (κ1) is 17.4. The Hall–Kier alpha value is -3.01. The third-order valence-electron chi connectivity index (χ3n) is 5.22. The first-order valence-electron chi connectivity index (χ1n) is 9.52. The van der Waals surface area contributed by atoms with Gasteiger partial charge in [0.15, 0.2) is 5.76 Å². The highest BCUT2D eigenvalue weighted by Crippen LogP contribution is 2.26. The van der Waals surface area contributed by atoms with Crippen LogP contribution in [0.5, 0.6) is 0 Å². The van der Waals surface area contributed by atoms with Crippen LogP contribution in [-0.4, -0.2) is 19.0 Å². The molecule has 2 heterocycles. The Kier molecular flexibility index (Phi) is 5.24. The van der Waals surface area contributed by atoms with Gasteiger partial charge in [0.2, 0.25) is 0 Å². The Morgan fingerprint density at radius 3 is 2.37 bits per heavy atom. The van der Waals surface area contributed by atoms with E-state index in [1.54, 1.807) is 12.1 Å². The van der Waals surface area contributed by atoms with Gasteiger partial charge in [0.25, 0.3) is 5.91 Å². The van der Waals surface area contributed by atoms with Crippen molar-refractivity contribution in [2.45, 2.75) is 19.3 Å². The van der Waals surface area contributed by atoms with Crippen molar-refractivity contribution < 1.29 is 9.21 Å². The molecule has 1 N–H and O–H groups in total. The van der Waals surface area contributed by atoms with Gasteiger partial charge in [-0.15, -0.1) is 0 Å². The van der Waals surface area contributed by atoms with Crippen LogP contribution >= 0.6 is 0 Å². The summed E-state index contributed by atoms with van der Waals surface area (Å²) in [6, 6.07) is 22.2. The fourth-order valence-electron chi connectivity index (χ4n) is 3.70. The molecule has 1 aliphatic heterocycles. The minimum absolute atomic E-state index is 0.227. The minimum atomic E-state index is -0.227. The number of rotatable bonds is 5. The first-order valence-corrected chi connectivity index (χ1v) is 9.52. The maximum absolute atomic E-state index is 12.0. The number of furan rings is 1. The maximum Gasteiger partial charge on any atom is 0.291 e. The van der Waals surface area contributed by atoms with Gasteiger partial charge in [-0.2, -0.15) is 0 Å². The van der Waals surface area contributed by atoms with E-state index in [0.29, 0.717) is 5.76 Å². The molecule has 4 heteroatoms. The molecule has 1 aromatic heterocycles. The summed E-state index contributed by atoms with van der Waals surface area (Å²) in [7, 11) is 0. The van der Waals surface area contributed by atoms with Crippen LogP contribution in [0.15, 0.2) is 77.4 Å². The smallest absolute Gasteiger partial charge is 0.291 e. The first-order chi connectivity index (χ1) is 13.3. The second kappa shape index (κ2) is 8.12. The zero-order chi connectivity index (χ0) is 18.5. The van der Waals surface area contributed by atoms with Gasteiger partial charge in [0.05, 0.1) is 6.26 Å². The normalized spacial score (nSPS) is 14.9. The lowest BCUT2D eigenvalue weighted by Gasteiger charge is -2.33. The van der Waals surface area contributed by atoms with E-state index >= 15 is 0 Å². The van der Waals surface area contributed by atoms with Crippen LogP contribution in [0, 0.1) is 5.92 Å². The molecule has 0 atom stereocenters. The maximum atomic E-state index is 12.0. The number of nitrogens with one attached hydrogen (secondary N) is 1. The summed E-state index contributed by atoms with van der Waals surface area (Å²) < 4.78 is 5.12. The molecule has 0 bridgehead atoms. The van der Waals surface area contributed by atoms with E-state index in [4.69, 9.17) is 4.42 Å². The van der Waals surface area contributed by atoms with Gasteiger partial charge in [0.1, 0.15) is 0 Å². The third-order valence-corrected chi connectivity index (χ3v) is 5.22. The Bertz CT molecular complexity index is 849. The summed E-state index contributed by atoms with van der Waals surface area (Å²) in [5.74, 6) is 0.851. The summed E-state index contributed by atoms with van der Waals surface area (Å²) in [6.07, 6.45) is 5.10. The Morgan fingerprint density at radius 1 is 0.963 bits per heavy atom. The van der Waals surface area contributed by atoms with Crippen molar-refractivity contribution in [2.24, 2.45) is 5.92 Å². The molecule has 3 aromatic rings. The lowest BCUT2D eigenvalue weighted by atomic mass is 9.90. The molecule has 0 aliphatic carbocycles. The predicted molar refractivity (Wildman–Crippen MR) is 108 cm³/mol. The highest BCUT2D eigenvalue weighted by Gasteiger charge is 2.19. The van der Waals surface area contributed by atoms with Gasteiger partial charge >= 0.3 is 0 Å². The summed E-state index contributed by atoms with van der Waals surface area (Å²) in [6.45, 7) is 2.16. The zero-order valence-electron chi connectivity index (χ0n) is 15.3. The summed E-state index contributed by atoms with van der Waals surface area (Å²) in [5.41, 5.74) is 3.43. The standard InChI is InChI=1S/C23H24N2O2/c26-23(22-7-4-16-27-22)24-20-8-10-21(11-9-20)25-14-12-19(13-15-25)17-18-5-2-1-3-6-18/h1-11,16,19H,12-15,17H2,(H,24,26). The topological polar surface area (TPSA) is 45.5 Å². The van der Waals surface area contributed by atoms with Crippen LogP contribution in [-0.2, 0) is 6.42 Å². The number of hydrogen-bond acceptors (Lipinski definition) is 3. The number of piperidine rings is 1. The molecule has 0 radical (unpaired) electrons. The number of hydrogen-bond donors (Lipinski definition) is 1. The number of benzene rings is 2. The Labute approximate surface area is 159 Å². The minimum Gasteiger partial charge on any atom is -0.459 e. The molecular weight excluding hydrogens is 336 g/mol. The van der Waals surface area contributed by atoms with E-state index in [1.165, 1.54) is 36.8 Å². The second-order valence-electron chi connectivity index (χ2n) is 7.10. The Morgan fingerprint density at radius 2 is 1.70 bits per heavy atom. The fourth-order valence-corrected chi connectivity index (χ4v) is 3.70. The monoisotopic (exact) mass is 360 g/mol. The summed E-state index contributed by atoms with van der Waals surface area (Å²) in [5, 5.41) is 2.86. The SMILES string of the molecule is O=C(Nc1ccc(N2CCC(Cc3ccccc3)CC2)cc1)c1ccco1. The van der Waals surface area contributed by atoms with E-state index in [-0.39, 0.29) is 5.91 Å². The molecule has 1 fully saturated rings. The van der Waals surface area contributed by atoms with E-state index in [1.807, 2.05) is 12.1 Å². The zero-order valence-corrected chi connectivity index (χ0v) is 15.3. The lowest BCUT2D eigenvalue weighted by Crippen LogP contribution is -2.34. The van der Waals surface area contributed by atoms with Gasteiger partial charge in [-0.05, 0) is 67.1 Å². The number of carbonyl (C=O) groups is 1. The van der Waals surface area contributed by atoms with Gasteiger partial charge in [-0.25, -0.2) is 0 Å². The molecular formula is C23H24N2O2.